The Labute approximate surface area is 231 Å². The first-order valence-electron chi connectivity index (χ1n) is 12.5. The Morgan fingerprint density at radius 2 is 1.80 bits per heavy atom. The molecular weight excluding hydrogens is 528 g/mol. The van der Waals surface area contributed by atoms with Crippen LogP contribution in [0.15, 0.2) is 72.0 Å². The molecule has 5 heterocycles. The molecule has 13 heteroatoms. The number of aryl methyl sites for hydroxylation is 1. The number of rotatable bonds is 4. The average molecular weight is 551 g/mol. The van der Waals surface area contributed by atoms with E-state index in [1.54, 1.807) is 48.7 Å². The number of carbonyl (C=O) groups excluding carboxylic acids is 2. The molecule has 1 aliphatic heterocycles. The molecular formula is C28H22N8O5. The maximum absolute atomic E-state index is 13.6. The summed E-state index contributed by atoms with van der Waals surface area (Å²) in [5.41, 5.74) is 7.97. The molecule has 1 aromatic carbocycles. The van der Waals surface area contributed by atoms with Crippen LogP contribution in [0, 0.1) is 0 Å². The number of para-hydroxylation sites is 1. The van der Waals surface area contributed by atoms with Crippen LogP contribution in [-0.4, -0.2) is 58.5 Å². The van der Waals surface area contributed by atoms with Crippen molar-refractivity contribution in [2.24, 2.45) is 7.05 Å². The maximum Gasteiger partial charge on any atom is 0.414 e. The fourth-order valence-corrected chi connectivity index (χ4v) is 5.01. The van der Waals surface area contributed by atoms with E-state index in [4.69, 9.17) is 5.73 Å². The summed E-state index contributed by atoms with van der Waals surface area (Å²) < 4.78 is 3.10. The van der Waals surface area contributed by atoms with Crippen molar-refractivity contribution in [2.75, 3.05) is 17.6 Å². The molecule has 0 radical (unpaired) electrons. The van der Waals surface area contributed by atoms with E-state index in [-0.39, 0.29) is 29.9 Å². The number of nitrogen functional groups attached to an aromatic ring is 1. The smallest absolute Gasteiger partial charge is 0.414 e. The molecule has 0 bridgehead atoms. The second-order valence-corrected chi connectivity index (χ2v) is 9.38. The first-order chi connectivity index (χ1) is 19.7. The van der Waals surface area contributed by atoms with Crippen LogP contribution < -0.4 is 16.6 Å². The van der Waals surface area contributed by atoms with Crippen molar-refractivity contribution < 1.29 is 19.5 Å². The third-order valence-electron chi connectivity index (χ3n) is 6.94. The Balaban J connectivity index is 1.37. The first kappa shape index (κ1) is 25.4. The summed E-state index contributed by atoms with van der Waals surface area (Å²) in [6.07, 6.45) is 3.48. The van der Waals surface area contributed by atoms with Crippen molar-refractivity contribution in [3.63, 3.8) is 0 Å². The Morgan fingerprint density at radius 3 is 2.51 bits per heavy atom. The van der Waals surface area contributed by atoms with Gasteiger partial charge in [-0.2, -0.15) is 0 Å². The Morgan fingerprint density at radius 1 is 1.02 bits per heavy atom. The van der Waals surface area contributed by atoms with E-state index in [1.165, 1.54) is 10.9 Å². The lowest BCUT2D eigenvalue weighted by Gasteiger charge is -2.27. The van der Waals surface area contributed by atoms with Crippen molar-refractivity contribution in [3.8, 4) is 16.8 Å². The van der Waals surface area contributed by atoms with E-state index in [0.717, 1.165) is 11.6 Å². The van der Waals surface area contributed by atoms with Crippen molar-refractivity contribution in [3.05, 3.63) is 94.4 Å². The van der Waals surface area contributed by atoms with E-state index in [1.807, 2.05) is 17.8 Å². The third kappa shape index (κ3) is 4.25. The molecule has 5 aromatic rings. The molecule has 4 aromatic heterocycles. The molecule has 0 saturated carbocycles. The van der Waals surface area contributed by atoms with Gasteiger partial charge in [0.1, 0.15) is 29.2 Å². The van der Waals surface area contributed by atoms with E-state index in [0.29, 0.717) is 38.7 Å². The highest BCUT2D eigenvalue weighted by molar-refractivity contribution is 6.08. The van der Waals surface area contributed by atoms with Crippen molar-refractivity contribution in [1.29, 1.82) is 0 Å². The lowest BCUT2D eigenvalue weighted by molar-refractivity contribution is 0.0724. The second-order valence-electron chi connectivity index (χ2n) is 9.38. The van der Waals surface area contributed by atoms with Crippen molar-refractivity contribution in [2.45, 2.75) is 6.42 Å². The van der Waals surface area contributed by atoms with Gasteiger partial charge in [-0.1, -0.05) is 18.2 Å². The molecule has 4 N–H and O–H groups in total. The number of aromatic nitrogens is 5. The first-order valence-corrected chi connectivity index (χ1v) is 12.5. The van der Waals surface area contributed by atoms with Gasteiger partial charge in [-0.15, -0.1) is 0 Å². The zero-order valence-corrected chi connectivity index (χ0v) is 21.6. The number of hydrogen-bond donors (Lipinski definition) is 3. The van der Waals surface area contributed by atoms with Gasteiger partial charge in [0.2, 0.25) is 0 Å². The van der Waals surface area contributed by atoms with Crippen molar-refractivity contribution >= 4 is 40.6 Å². The van der Waals surface area contributed by atoms with Crippen LogP contribution in [0.25, 0.3) is 27.8 Å². The Bertz CT molecular complexity index is 1930. The summed E-state index contributed by atoms with van der Waals surface area (Å²) in [5, 5.41) is 12.7. The molecule has 0 atom stereocenters. The van der Waals surface area contributed by atoms with Gasteiger partial charge < -0.3 is 20.7 Å². The molecule has 0 fully saturated rings. The number of amides is 3. The summed E-state index contributed by atoms with van der Waals surface area (Å²) in [4.78, 5) is 65.0. The molecule has 0 spiro atoms. The molecule has 204 valence electrons. The predicted molar refractivity (Wildman–Crippen MR) is 149 cm³/mol. The summed E-state index contributed by atoms with van der Waals surface area (Å²) in [7, 11) is 1.83. The van der Waals surface area contributed by atoms with Crippen LogP contribution in [0.4, 0.5) is 16.4 Å². The van der Waals surface area contributed by atoms with Gasteiger partial charge in [0.05, 0.1) is 10.9 Å². The van der Waals surface area contributed by atoms with Gasteiger partial charge in [0.15, 0.2) is 0 Å². The number of nitrogens with one attached hydrogen (secondary N) is 1. The lowest BCUT2D eigenvalue weighted by Crippen LogP contribution is -2.44. The largest absolute Gasteiger partial charge is 0.465 e. The number of carboxylic acid groups (broad SMARTS) is 1. The predicted octanol–water partition coefficient (Wildman–Crippen LogP) is 2.69. The molecule has 3 amide bonds. The quantitative estimate of drug-likeness (QED) is 0.303. The normalized spacial score (nSPS) is 12.8. The number of fused-ring (bicyclic) bond motifs is 2. The van der Waals surface area contributed by atoms with Crippen LogP contribution in [0.1, 0.15) is 26.4 Å². The summed E-state index contributed by atoms with van der Waals surface area (Å²) in [5.74, 6) is -1.13. The Hall–Kier alpha value is -5.85. The van der Waals surface area contributed by atoms with Gasteiger partial charge in [-0.25, -0.2) is 24.6 Å². The second kappa shape index (κ2) is 9.72. The number of anilines is 2. The van der Waals surface area contributed by atoms with Gasteiger partial charge in [0.25, 0.3) is 17.4 Å². The number of benzene rings is 1. The summed E-state index contributed by atoms with van der Waals surface area (Å²) >= 11 is 0. The lowest BCUT2D eigenvalue weighted by atomic mass is 10.0. The van der Waals surface area contributed by atoms with E-state index in [2.05, 4.69) is 20.3 Å². The van der Waals surface area contributed by atoms with Gasteiger partial charge in [-0.05, 0) is 30.3 Å². The zero-order chi connectivity index (χ0) is 28.8. The van der Waals surface area contributed by atoms with Gasteiger partial charge in [0, 0.05) is 54.9 Å². The van der Waals surface area contributed by atoms with Gasteiger partial charge >= 0.3 is 6.09 Å². The molecule has 41 heavy (non-hydrogen) atoms. The fraction of sp³-hybridized carbons (Fsp3) is 0.107. The van der Waals surface area contributed by atoms with E-state index >= 15 is 0 Å². The number of carbonyl (C=O) groups is 3. The van der Waals surface area contributed by atoms with Crippen LogP contribution in [0.2, 0.25) is 0 Å². The minimum atomic E-state index is -1.41. The molecule has 0 aliphatic carbocycles. The highest BCUT2D eigenvalue weighted by Crippen LogP contribution is 2.32. The summed E-state index contributed by atoms with van der Waals surface area (Å²) in [6, 6.07) is 13.0. The SMILES string of the molecule is Cn1cc(-c2ccc(NC(=O)c3cc4c(n(-c5ccccc5)c3=O)CCN(C(=O)O)C4=O)nc2)c2c(N)ncnc21. The van der Waals surface area contributed by atoms with Crippen LogP contribution >= 0.6 is 0 Å². The van der Waals surface area contributed by atoms with Crippen molar-refractivity contribution in [1.82, 2.24) is 29.0 Å². The monoisotopic (exact) mass is 550 g/mol. The molecule has 0 saturated heterocycles. The number of pyridine rings is 2. The molecule has 0 unspecified atom stereocenters. The van der Waals surface area contributed by atoms with Crippen LogP contribution in [-0.2, 0) is 13.5 Å². The standard InChI is InChI=1S/C28H22N8O5/c1-34-13-19(22-23(29)31-14-32-24(22)34)15-7-8-21(30-12-15)33-25(37)18-11-17-20(9-10-35(26(17)38)28(40)41)36(27(18)39)16-5-3-2-4-6-16/h2-8,11-14H,9-10H2,1H3,(H,40,41)(H2,29,31,32)(H,30,33,37). The number of nitrogens with two attached hydrogens (primary N) is 1. The number of nitrogens with zero attached hydrogens (tertiary/aromatic N) is 6. The third-order valence-corrected chi connectivity index (χ3v) is 6.94. The van der Waals surface area contributed by atoms with Crippen LogP contribution in [0.3, 0.4) is 0 Å². The average Bonchev–Trinajstić information content (AvgIpc) is 3.31. The highest BCUT2D eigenvalue weighted by Gasteiger charge is 2.33. The number of hydrogen-bond acceptors (Lipinski definition) is 8. The summed E-state index contributed by atoms with van der Waals surface area (Å²) in [6.45, 7) is -0.107. The minimum Gasteiger partial charge on any atom is -0.465 e. The minimum absolute atomic E-state index is 0.0358. The van der Waals surface area contributed by atoms with Crippen LogP contribution in [0.5, 0.6) is 0 Å². The van der Waals surface area contributed by atoms with Gasteiger partial charge in [-0.3, -0.25) is 19.0 Å². The van der Waals surface area contributed by atoms with E-state index in [9.17, 15) is 24.3 Å². The molecule has 1 aliphatic rings. The zero-order valence-electron chi connectivity index (χ0n) is 21.6. The topological polar surface area (TPSA) is 178 Å². The molecule has 6 rings (SSSR count). The fourth-order valence-electron chi connectivity index (χ4n) is 5.01. The van der Waals surface area contributed by atoms with E-state index < -0.39 is 23.5 Å². The maximum atomic E-state index is 13.6. The Kier molecular flexibility index (Phi) is 6.03. The highest BCUT2D eigenvalue weighted by atomic mass is 16.4. The molecule has 13 nitrogen and oxygen atoms in total. The number of imide groups is 1.